The Balaban J connectivity index is 1.66. The molecule has 0 aliphatic carbocycles. The van der Waals surface area contributed by atoms with E-state index in [9.17, 15) is 4.79 Å². The van der Waals surface area contributed by atoms with E-state index in [1.807, 2.05) is 32.0 Å². The normalized spacial score (nSPS) is 10.9. The lowest BCUT2D eigenvalue weighted by Gasteiger charge is -2.06. The number of anilines is 1. The molecule has 2 N–H and O–H groups in total. The van der Waals surface area contributed by atoms with Crippen molar-refractivity contribution in [2.45, 2.75) is 26.7 Å². The van der Waals surface area contributed by atoms with Gasteiger partial charge in [0.2, 0.25) is 0 Å². The van der Waals surface area contributed by atoms with Crippen LogP contribution in [0.2, 0.25) is 0 Å². The second-order valence-electron chi connectivity index (χ2n) is 5.34. The van der Waals surface area contributed by atoms with Gasteiger partial charge in [0.1, 0.15) is 0 Å². The molecule has 7 heteroatoms. The first kappa shape index (κ1) is 15.1. The van der Waals surface area contributed by atoms with Gasteiger partial charge in [-0.15, -0.1) is 5.10 Å². The van der Waals surface area contributed by atoms with E-state index in [1.54, 1.807) is 16.8 Å². The van der Waals surface area contributed by atoms with Gasteiger partial charge in [-0.25, -0.2) is 9.78 Å². The minimum Gasteiger partial charge on any atom is -0.449 e. The number of ether oxygens (including phenoxy) is 1. The third-order valence-corrected chi connectivity index (χ3v) is 3.38. The van der Waals surface area contributed by atoms with Crippen LogP contribution < -0.4 is 5.32 Å². The zero-order valence-corrected chi connectivity index (χ0v) is 13.2. The van der Waals surface area contributed by atoms with Gasteiger partial charge in [-0.05, 0) is 37.6 Å². The number of rotatable bonds is 5. The first-order valence-corrected chi connectivity index (χ1v) is 7.62. The van der Waals surface area contributed by atoms with Crippen LogP contribution in [-0.2, 0) is 4.74 Å². The highest BCUT2D eigenvalue weighted by Gasteiger charge is 2.09. The zero-order chi connectivity index (χ0) is 16.2. The number of fused-ring (bicyclic) bond motifs is 1. The predicted molar refractivity (Wildman–Crippen MR) is 87.4 cm³/mol. The molecule has 2 heterocycles. The van der Waals surface area contributed by atoms with Crippen LogP contribution in [0.3, 0.4) is 0 Å². The molecule has 0 saturated carbocycles. The van der Waals surface area contributed by atoms with E-state index in [1.165, 1.54) is 0 Å². The summed E-state index contributed by atoms with van der Waals surface area (Å²) in [6.07, 6.45) is 1.42. The van der Waals surface area contributed by atoms with Crippen LogP contribution in [0.5, 0.6) is 0 Å². The van der Waals surface area contributed by atoms with E-state index in [0.29, 0.717) is 18.1 Å². The highest BCUT2D eigenvalue weighted by Crippen LogP contribution is 2.19. The van der Waals surface area contributed by atoms with E-state index in [-0.39, 0.29) is 0 Å². The van der Waals surface area contributed by atoms with Crippen molar-refractivity contribution in [2.75, 3.05) is 11.9 Å². The number of aromatic amines is 1. The summed E-state index contributed by atoms with van der Waals surface area (Å²) >= 11 is 0. The molecule has 0 unspecified atom stereocenters. The molecule has 1 amide bonds. The molecule has 0 fully saturated rings. The molecule has 3 rings (SSSR count). The van der Waals surface area contributed by atoms with E-state index in [2.05, 4.69) is 20.5 Å². The van der Waals surface area contributed by atoms with Gasteiger partial charge >= 0.3 is 6.09 Å². The van der Waals surface area contributed by atoms with Crippen LogP contribution in [0.4, 0.5) is 10.5 Å². The lowest BCUT2D eigenvalue weighted by Crippen LogP contribution is -2.14. The Kier molecular flexibility index (Phi) is 4.27. The van der Waals surface area contributed by atoms with Gasteiger partial charge < -0.3 is 4.74 Å². The largest absolute Gasteiger partial charge is 0.449 e. The third-order valence-electron chi connectivity index (χ3n) is 3.38. The van der Waals surface area contributed by atoms with E-state index >= 15 is 0 Å². The Labute approximate surface area is 133 Å². The number of aryl methyl sites for hydroxylation is 1. The maximum Gasteiger partial charge on any atom is 0.411 e. The van der Waals surface area contributed by atoms with Crippen molar-refractivity contribution in [3.8, 4) is 11.4 Å². The summed E-state index contributed by atoms with van der Waals surface area (Å²) in [5.41, 5.74) is 3.34. The second kappa shape index (κ2) is 6.51. The number of aromatic nitrogens is 4. The van der Waals surface area contributed by atoms with E-state index in [4.69, 9.17) is 4.74 Å². The third kappa shape index (κ3) is 3.50. The van der Waals surface area contributed by atoms with Crippen molar-refractivity contribution in [2.24, 2.45) is 0 Å². The number of unbranched alkanes of at least 4 members (excludes halogenated alkanes) is 1. The van der Waals surface area contributed by atoms with Crippen LogP contribution >= 0.6 is 0 Å². The molecule has 2 aromatic heterocycles. The maximum absolute atomic E-state index is 11.6. The highest BCUT2D eigenvalue weighted by atomic mass is 16.5. The molecule has 7 nitrogen and oxygen atoms in total. The zero-order valence-electron chi connectivity index (χ0n) is 13.2. The Hall–Kier alpha value is -2.83. The van der Waals surface area contributed by atoms with Crippen LogP contribution in [0, 0.1) is 6.92 Å². The molecule has 0 aliphatic rings. The Morgan fingerprint density at radius 2 is 2.13 bits per heavy atom. The van der Waals surface area contributed by atoms with Crippen LogP contribution in [0.15, 0.2) is 30.3 Å². The van der Waals surface area contributed by atoms with Gasteiger partial charge in [0.25, 0.3) is 0 Å². The van der Waals surface area contributed by atoms with Crippen molar-refractivity contribution in [3.05, 3.63) is 36.0 Å². The Bertz CT molecular complexity index is 772. The average molecular weight is 313 g/mol. The first-order valence-electron chi connectivity index (χ1n) is 7.62. The minimum atomic E-state index is -0.435. The molecule has 0 aliphatic heterocycles. The fourth-order valence-electron chi connectivity index (χ4n) is 2.18. The fraction of sp³-hybridized carbons (Fsp3) is 0.312. The second-order valence-corrected chi connectivity index (χ2v) is 5.34. The number of benzene rings is 1. The summed E-state index contributed by atoms with van der Waals surface area (Å²) in [5.74, 6) is 0.633. The molecule has 1 aromatic carbocycles. The molecule has 0 bridgehead atoms. The Morgan fingerprint density at radius 1 is 1.35 bits per heavy atom. The summed E-state index contributed by atoms with van der Waals surface area (Å²) < 4.78 is 6.70. The number of carbonyl (C=O) groups excluding carboxylic acids is 1. The van der Waals surface area contributed by atoms with Gasteiger partial charge in [0.15, 0.2) is 11.5 Å². The number of nitrogens with zero attached hydrogens (tertiary/aromatic N) is 3. The van der Waals surface area contributed by atoms with Crippen molar-refractivity contribution in [1.29, 1.82) is 0 Å². The molecule has 0 radical (unpaired) electrons. The lowest BCUT2D eigenvalue weighted by molar-refractivity contribution is 0.160. The number of H-pyrrole nitrogens is 1. The smallest absolute Gasteiger partial charge is 0.411 e. The highest BCUT2D eigenvalue weighted by molar-refractivity contribution is 5.85. The summed E-state index contributed by atoms with van der Waals surface area (Å²) in [4.78, 5) is 16.0. The van der Waals surface area contributed by atoms with Gasteiger partial charge in [0, 0.05) is 23.0 Å². The number of hydrogen-bond donors (Lipinski definition) is 2. The van der Waals surface area contributed by atoms with Crippen molar-refractivity contribution in [3.63, 3.8) is 0 Å². The SMILES string of the molecule is CCCCOC(=O)Nc1ccc(-c2nc3cc(C)[nH]n3n2)cc1. The molecule has 0 spiro atoms. The summed E-state index contributed by atoms with van der Waals surface area (Å²) in [6, 6.07) is 9.26. The quantitative estimate of drug-likeness (QED) is 0.707. The molecule has 120 valence electrons. The molecule has 23 heavy (non-hydrogen) atoms. The molecular weight excluding hydrogens is 294 g/mol. The molecular formula is C16H19N5O2. The van der Waals surface area contributed by atoms with Gasteiger partial charge in [-0.3, -0.25) is 10.4 Å². The summed E-state index contributed by atoms with van der Waals surface area (Å²) in [5, 5.41) is 10.2. The van der Waals surface area contributed by atoms with Crippen LogP contribution in [0.25, 0.3) is 17.0 Å². The number of hydrogen-bond acceptors (Lipinski definition) is 4. The summed E-state index contributed by atoms with van der Waals surface area (Å²) in [6.45, 7) is 4.44. The van der Waals surface area contributed by atoms with Gasteiger partial charge in [-0.2, -0.15) is 4.63 Å². The van der Waals surface area contributed by atoms with E-state index < -0.39 is 6.09 Å². The molecule has 0 saturated heterocycles. The Morgan fingerprint density at radius 3 is 2.83 bits per heavy atom. The molecule has 0 atom stereocenters. The maximum atomic E-state index is 11.6. The average Bonchev–Trinajstić information content (AvgIpc) is 3.05. The predicted octanol–water partition coefficient (Wildman–Crippen LogP) is 3.38. The van der Waals surface area contributed by atoms with Crippen molar-refractivity contribution in [1.82, 2.24) is 19.8 Å². The van der Waals surface area contributed by atoms with Crippen molar-refractivity contribution < 1.29 is 9.53 Å². The number of carbonyl (C=O) groups is 1. The monoisotopic (exact) mass is 313 g/mol. The lowest BCUT2D eigenvalue weighted by atomic mass is 10.2. The topological polar surface area (TPSA) is 84.3 Å². The number of amides is 1. The standard InChI is InChI=1S/C16H19N5O2/c1-3-4-9-23-16(22)17-13-7-5-12(6-8-13)15-18-14-10-11(2)19-21(14)20-15/h5-8,10,19H,3-4,9H2,1-2H3,(H,17,22). The fourth-order valence-corrected chi connectivity index (χ4v) is 2.18. The van der Waals surface area contributed by atoms with Gasteiger partial charge in [0.05, 0.1) is 6.61 Å². The number of nitrogens with one attached hydrogen (secondary N) is 2. The van der Waals surface area contributed by atoms with Crippen LogP contribution in [-0.4, -0.2) is 32.5 Å². The first-order chi connectivity index (χ1) is 11.2. The van der Waals surface area contributed by atoms with Crippen LogP contribution in [0.1, 0.15) is 25.5 Å². The summed E-state index contributed by atoms with van der Waals surface area (Å²) in [7, 11) is 0. The molecule has 3 aromatic rings. The minimum absolute atomic E-state index is 0.435. The van der Waals surface area contributed by atoms with Crippen molar-refractivity contribution >= 4 is 17.4 Å². The van der Waals surface area contributed by atoms with Gasteiger partial charge in [-0.1, -0.05) is 13.3 Å². The van der Waals surface area contributed by atoms with E-state index in [0.717, 1.165) is 29.7 Å².